The zero-order valence-electron chi connectivity index (χ0n) is 13.1. The van der Waals surface area contributed by atoms with Crippen LogP contribution in [0.4, 0.5) is 0 Å². The molecule has 1 aliphatic rings. The molecule has 21 heavy (non-hydrogen) atoms. The van der Waals surface area contributed by atoms with Gasteiger partial charge in [-0.1, -0.05) is 20.3 Å². The lowest BCUT2D eigenvalue weighted by Gasteiger charge is -2.17. The first kappa shape index (κ1) is 16.5. The standard InChI is InChI=1S/C14H26N4O2S/c1-4-8-15-9-12-11(3)16-17-14(12)21(19,20)18-13-7-5-6-10(13)2/h10,13,15,18H,4-9H2,1-3H3,(H,16,17). The highest BCUT2D eigenvalue weighted by Gasteiger charge is 2.31. The second-order valence-electron chi connectivity index (χ2n) is 5.95. The first-order chi connectivity index (χ1) is 9.95. The Balaban J connectivity index is 2.15. The molecule has 0 saturated heterocycles. The number of sulfonamides is 1. The van der Waals surface area contributed by atoms with Gasteiger partial charge in [0, 0.05) is 23.8 Å². The van der Waals surface area contributed by atoms with Crippen molar-refractivity contribution in [3.63, 3.8) is 0 Å². The monoisotopic (exact) mass is 314 g/mol. The molecule has 1 aromatic heterocycles. The summed E-state index contributed by atoms with van der Waals surface area (Å²) < 4.78 is 28.0. The average Bonchev–Trinajstić information content (AvgIpc) is 2.98. The summed E-state index contributed by atoms with van der Waals surface area (Å²) in [5.41, 5.74) is 1.54. The predicted molar refractivity (Wildman–Crippen MR) is 82.4 cm³/mol. The number of aromatic nitrogens is 2. The number of hydrogen-bond acceptors (Lipinski definition) is 4. The molecule has 1 heterocycles. The summed E-state index contributed by atoms with van der Waals surface area (Å²) in [5.74, 6) is 0.390. The fourth-order valence-electron chi connectivity index (χ4n) is 2.83. The van der Waals surface area contributed by atoms with Crippen molar-refractivity contribution in [2.24, 2.45) is 5.92 Å². The first-order valence-corrected chi connectivity index (χ1v) is 9.21. The molecule has 120 valence electrons. The lowest BCUT2D eigenvalue weighted by Crippen LogP contribution is -2.37. The summed E-state index contributed by atoms with van der Waals surface area (Å²) >= 11 is 0. The van der Waals surface area contributed by atoms with Crippen LogP contribution in [0.15, 0.2) is 5.03 Å². The molecule has 0 aromatic carbocycles. The number of aryl methyl sites for hydroxylation is 1. The van der Waals surface area contributed by atoms with E-state index in [-0.39, 0.29) is 11.1 Å². The van der Waals surface area contributed by atoms with Crippen molar-refractivity contribution < 1.29 is 8.42 Å². The molecule has 0 radical (unpaired) electrons. The summed E-state index contributed by atoms with van der Waals surface area (Å²) in [6.45, 7) is 7.41. The van der Waals surface area contributed by atoms with Crippen molar-refractivity contribution in [3.8, 4) is 0 Å². The molecular weight excluding hydrogens is 288 g/mol. The van der Waals surface area contributed by atoms with E-state index >= 15 is 0 Å². The normalized spacial score (nSPS) is 22.8. The summed E-state index contributed by atoms with van der Waals surface area (Å²) in [5, 5.41) is 10.2. The van der Waals surface area contributed by atoms with E-state index in [2.05, 4.69) is 34.1 Å². The Kier molecular flexibility index (Phi) is 5.40. The summed E-state index contributed by atoms with van der Waals surface area (Å²) in [7, 11) is -3.56. The van der Waals surface area contributed by atoms with Crippen LogP contribution in [-0.2, 0) is 16.6 Å². The van der Waals surface area contributed by atoms with E-state index in [9.17, 15) is 8.42 Å². The highest BCUT2D eigenvalue weighted by Crippen LogP contribution is 2.27. The number of nitrogens with one attached hydrogen (secondary N) is 3. The fraction of sp³-hybridized carbons (Fsp3) is 0.786. The minimum atomic E-state index is -3.56. The summed E-state index contributed by atoms with van der Waals surface area (Å²) in [6, 6.07) is 0.0310. The highest BCUT2D eigenvalue weighted by molar-refractivity contribution is 7.89. The lowest BCUT2D eigenvalue weighted by molar-refractivity contribution is 0.474. The van der Waals surface area contributed by atoms with E-state index < -0.39 is 10.0 Å². The Morgan fingerprint density at radius 3 is 2.76 bits per heavy atom. The number of aromatic amines is 1. The Hall–Kier alpha value is -0.920. The van der Waals surface area contributed by atoms with Gasteiger partial charge in [0.05, 0.1) is 0 Å². The number of rotatable bonds is 7. The van der Waals surface area contributed by atoms with Crippen molar-refractivity contribution in [1.29, 1.82) is 0 Å². The zero-order chi connectivity index (χ0) is 15.5. The van der Waals surface area contributed by atoms with Gasteiger partial charge in [0.1, 0.15) is 0 Å². The van der Waals surface area contributed by atoms with Crippen LogP contribution in [0.25, 0.3) is 0 Å². The van der Waals surface area contributed by atoms with Crippen LogP contribution in [0.1, 0.15) is 50.8 Å². The zero-order valence-corrected chi connectivity index (χ0v) is 13.9. The van der Waals surface area contributed by atoms with Gasteiger partial charge in [-0.05, 0) is 38.6 Å². The maximum Gasteiger partial charge on any atom is 0.260 e. The predicted octanol–water partition coefficient (Wildman–Crippen LogP) is 1.68. The molecule has 0 spiro atoms. The smallest absolute Gasteiger partial charge is 0.260 e. The van der Waals surface area contributed by atoms with Gasteiger partial charge < -0.3 is 5.32 Å². The van der Waals surface area contributed by atoms with Gasteiger partial charge in [-0.3, -0.25) is 5.10 Å². The molecule has 1 saturated carbocycles. The van der Waals surface area contributed by atoms with Crippen LogP contribution in [0.2, 0.25) is 0 Å². The van der Waals surface area contributed by atoms with E-state index in [0.29, 0.717) is 12.5 Å². The van der Waals surface area contributed by atoms with Gasteiger partial charge in [-0.25, -0.2) is 13.1 Å². The van der Waals surface area contributed by atoms with Crippen molar-refractivity contribution in [2.45, 2.75) is 64.1 Å². The molecule has 7 heteroatoms. The molecule has 0 aliphatic heterocycles. The molecule has 3 N–H and O–H groups in total. The first-order valence-electron chi connectivity index (χ1n) is 7.72. The maximum atomic E-state index is 12.6. The van der Waals surface area contributed by atoms with Gasteiger partial charge in [-0.2, -0.15) is 5.10 Å². The molecule has 0 bridgehead atoms. The Morgan fingerprint density at radius 1 is 1.38 bits per heavy atom. The SMILES string of the molecule is CCCNCc1c(S(=O)(=O)NC2CCCC2C)n[nH]c1C. The van der Waals surface area contributed by atoms with Gasteiger partial charge in [-0.15, -0.1) is 0 Å². The molecule has 2 rings (SSSR count). The second kappa shape index (κ2) is 6.89. The van der Waals surface area contributed by atoms with Crippen molar-refractivity contribution in [3.05, 3.63) is 11.3 Å². The third kappa shape index (κ3) is 3.84. The van der Waals surface area contributed by atoms with Crippen LogP contribution >= 0.6 is 0 Å². The summed E-state index contributed by atoms with van der Waals surface area (Å²) in [4.78, 5) is 0. The van der Waals surface area contributed by atoms with Gasteiger partial charge in [0.15, 0.2) is 5.03 Å². The van der Waals surface area contributed by atoms with Gasteiger partial charge >= 0.3 is 0 Å². The fourth-order valence-corrected chi connectivity index (χ4v) is 4.40. The quantitative estimate of drug-likeness (QED) is 0.668. The number of H-pyrrole nitrogens is 1. The van der Waals surface area contributed by atoms with Crippen molar-refractivity contribution in [1.82, 2.24) is 20.2 Å². The van der Waals surface area contributed by atoms with Crippen molar-refractivity contribution in [2.75, 3.05) is 6.54 Å². The van der Waals surface area contributed by atoms with E-state index in [1.54, 1.807) is 0 Å². The Morgan fingerprint density at radius 2 is 2.14 bits per heavy atom. The average molecular weight is 314 g/mol. The second-order valence-corrected chi connectivity index (χ2v) is 7.57. The third-order valence-electron chi connectivity index (χ3n) is 4.19. The minimum absolute atomic E-state index is 0.0310. The van der Waals surface area contributed by atoms with Crippen LogP contribution in [0.3, 0.4) is 0 Å². The molecule has 1 aromatic rings. The lowest BCUT2D eigenvalue weighted by atomic mass is 10.1. The molecule has 1 aliphatic carbocycles. The highest BCUT2D eigenvalue weighted by atomic mass is 32.2. The van der Waals surface area contributed by atoms with Crippen LogP contribution in [0, 0.1) is 12.8 Å². The topological polar surface area (TPSA) is 86.9 Å². The Labute approximate surface area is 127 Å². The molecule has 2 atom stereocenters. The largest absolute Gasteiger partial charge is 0.313 e. The minimum Gasteiger partial charge on any atom is -0.313 e. The van der Waals surface area contributed by atoms with Crippen LogP contribution < -0.4 is 10.0 Å². The molecule has 1 fully saturated rings. The van der Waals surface area contributed by atoms with Crippen molar-refractivity contribution >= 4 is 10.0 Å². The Bertz CT molecular complexity index is 568. The van der Waals surface area contributed by atoms with Gasteiger partial charge in [0.25, 0.3) is 10.0 Å². The summed E-state index contributed by atoms with van der Waals surface area (Å²) in [6.07, 6.45) is 4.08. The molecule has 0 amide bonds. The maximum absolute atomic E-state index is 12.6. The number of nitrogens with zero attached hydrogens (tertiary/aromatic N) is 1. The van der Waals surface area contributed by atoms with E-state index in [1.807, 2.05) is 6.92 Å². The number of hydrogen-bond donors (Lipinski definition) is 3. The van der Waals surface area contributed by atoms with Gasteiger partial charge in [0.2, 0.25) is 0 Å². The molecular formula is C14H26N4O2S. The van der Waals surface area contributed by atoms with E-state index in [1.165, 1.54) is 0 Å². The molecule has 6 nitrogen and oxygen atoms in total. The van der Waals surface area contributed by atoms with Crippen LogP contribution in [-0.4, -0.2) is 31.2 Å². The van der Waals surface area contributed by atoms with E-state index in [0.717, 1.165) is 43.5 Å². The molecule has 2 unspecified atom stereocenters. The van der Waals surface area contributed by atoms with Crippen LogP contribution in [0.5, 0.6) is 0 Å². The van der Waals surface area contributed by atoms with E-state index in [4.69, 9.17) is 0 Å². The third-order valence-corrected chi connectivity index (χ3v) is 5.65.